The Morgan fingerprint density at radius 1 is 1.47 bits per heavy atom. The number of aromatic nitrogens is 4. The van der Waals surface area contributed by atoms with Gasteiger partial charge in [-0.15, -0.1) is 10.2 Å². The summed E-state index contributed by atoms with van der Waals surface area (Å²) in [6, 6.07) is 0.534. The molecule has 1 fully saturated rings. The minimum atomic E-state index is 0.534. The fraction of sp³-hybridized carbons (Fsp3) is 0.727. The largest absolute Gasteiger partial charge is 0.308 e. The van der Waals surface area contributed by atoms with Crippen LogP contribution in [0.1, 0.15) is 49.9 Å². The second kappa shape index (κ2) is 4.34. The first-order chi connectivity index (χ1) is 8.28. The van der Waals surface area contributed by atoms with Crippen molar-refractivity contribution in [2.24, 2.45) is 0 Å². The van der Waals surface area contributed by atoms with Crippen LogP contribution in [0.3, 0.4) is 0 Å². The Balaban J connectivity index is 1.77. The molecular formula is C11H17N5S. The molecule has 0 aliphatic heterocycles. The molecular weight excluding hydrogens is 234 g/mol. The van der Waals surface area contributed by atoms with E-state index in [9.17, 15) is 0 Å². The van der Waals surface area contributed by atoms with Crippen LogP contribution in [0.15, 0.2) is 0 Å². The molecule has 6 heteroatoms. The lowest BCUT2D eigenvalue weighted by molar-refractivity contribution is 0.530. The van der Waals surface area contributed by atoms with Crippen molar-refractivity contribution in [3.63, 3.8) is 0 Å². The number of hydrogen-bond acceptors (Lipinski definition) is 5. The highest BCUT2D eigenvalue weighted by molar-refractivity contribution is 7.16. The maximum atomic E-state index is 4.59. The van der Waals surface area contributed by atoms with Crippen molar-refractivity contribution in [3.05, 3.63) is 10.8 Å². The second-order valence-electron chi connectivity index (χ2n) is 4.71. The van der Waals surface area contributed by atoms with Crippen molar-refractivity contribution in [2.45, 2.75) is 51.6 Å². The zero-order valence-electron chi connectivity index (χ0n) is 10.2. The molecule has 1 atom stereocenters. The van der Waals surface area contributed by atoms with E-state index < -0.39 is 0 Å². The van der Waals surface area contributed by atoms with Gasteiger partial charge >= 0.3 is 0 Å². The Hall–Kier alpha value is -1.01. The second-order valence-corrected chi connectivity index (χ2v) is 5.75. The van der Waals surface area contributed by atoms with Crippen molar-refractivity contribution < 1.29 is 0 Å². The van der Waals surface area contributed by atoms with Gasteiger partial charge in [0, 0.05) is 18.5 Å². The third-order valence-electron chi connectivity index (χ3n) is 3.21. The highest BCUT2D eigenvalue weighted by atomic mass is 32.1. The summed E-state index contributed by atoms with van der Waals surface area (Å²) >= 11 is 1.63. The van der Waals surface area contributed by atoms with Crippen LogP contribution >= 0.6 is 11.3 Å². The summed E-state index contributed by atoms with van der Waals surface area (Å²) in [7, 11) is 0. The number of nitrogens with zero attached hydrogens (tertiary/aromatic N) is 4. The van der Waals surface area contributed by atoms with Crippen molar-refractivity contribution in [1.82, 2.24) is 25.1 Å². The maximum absolute atomic E-state index is 4.59. The SMILES string of the molecule is CCC(C)NCc1nn2c(C3CC3)nnc2s1. The third kappa shape index (κ3) is 2.19. The minimum Gasteiger partial charge on any atom is -0.308 e. The minimum absolute atomic E-state index is 0.534. The fourth-order valence-corrected chi connectivity index (χ4v) is 2.54. The summed E-state index contributed by atoms with van der Waals surface area (Å²) in [4.78, 5) is 0.924. The zero-order valence-corrected chi connectivity index (χ0v) is 11.0. The van der Waals surface area contributed by atoms with Crippen LogP contribution in [0.5, 0.6) is 0 Å². The molecule has 1 unspecified atom stereocenters. The number of hydrogen-bond donors (Lipinski definition) is 1. The first-order valence-electron chi connectivity index (χ1n) is 6.22. The number of nitrogens with one attached hydrogen (secondary N) is 1. The van der Waals surface area contributed by atoms with E-state index in [2.05, 4.69) is 34.5 Å². The molecule has 1 saturated carbocycles. The molecule has 1 aliphatic rings. The van der Waals surface area contributed by atoms with Gasteiger partial charge in [0.15, 0.2) is 5.82 Å². The van der Waals surface area contributed by atoms with E-state index in [0.717, 1.165) is 28.8 Å². The predicted molar refractivity (Wildman–Crippen MR) is 67.2 cm³/mol. The van der Waals surface area contributed by atoms with Gasteiger partial charge < -0.3 is 5.32 Å². The monoisotopic (exact) mass is 251 g/mol. The molecule has 92 valence electrons. The first-order valence-corrected chi connectivity index (χ1v) is 7.04. The van der Waals surface area contributed by atoms with Crippen LogP contribution in [-0.4, -0.2) is 25.9 Å². The van der Waals surface area contributed by atoms with E-state index in [1.807, 2.05) is 4.52 Å². The van der Waals surface area contributed by atoms with Gasteiger partial charge in [0.1, 0.15) is 5.01 Å². The summed E-state index contributed by atoms with van der Waals surface area (Å²) in [5.74, 6) is 1.65. The third-order valence-corrected chi connectivity index (χ3v) is 4.11. The molecule has 2 aromatic rings. The van der Waals surface area contributed by atoms with Gasteiger partial charge in [0.2, 0.25) is 4.96 Å². The number of fused-ring (bicyclic) bond motifs is 1. The van der Waals surface area contributed by atoms with E-state index in [1.165, 1.54) is 12.8 Å². The van der Waals surface area contributed by atoms with Crippen molar-refractivity contribution in [1.29, 1.82) is 0 Å². The molecule has 1 N–H and O–H groups in total. The van der Waals surface area contributed by atoms with Crippen LogP contribution in [0.4, 0.5) is 0 Å². The standard InChI is InChI=1S/C11H17N5S/c1-3-7(2)12-6-9-15-16-10(8-4-5-8)13-14-11(16)17-9/h7-8,12H,3-6H2,1-2H3. The molecule has 2 aromatic heterocycles. The van der Waals surface area contributed by atoms with Crippen LogP contribution in [0.2, 0.25) is 0 Å². The molecule has 5 nitrogen and oxygen atoms in total. The van der Waals surface area contributed by atoms with Crippen molar-refractivity contribution >= 4 is 16.3 Å². The molecule has 17 heavy (non-hydrogen) atoms. The van der Waals surface area contributed by atoms with Gasteiger partial charge in [0.05, 0.1) is 0 Å². The molecule has 0 aromatic carbocycles. The van der Waals surface area contributed by atoms with Gasteiger partial charge in [-0.3, -0.25) is 0 Å². The molecule has 1 aliphatic carbocycles. The van der Waals surface area contributed by atoms with E-state index >= 15 is 0 Å². The Labute approximate surface area is 104 Å². The molecule has 2 heterocycles. The van der Waals surface area contributed by atoms with Crippen LogP contribution in [-0.2, 0) is 6.54 Å². The van der Waals surface area contributed by atoms with Gasteiger partial charge in [-0.2, -0.15) is 9.61 Å². The molecule has 0 amide bonds. The van der Waals surface area contributed by atoms with Crippen LogP contribution < -0.4 is 5.32 Å². The Kier molecular flexibility index (Phi) is 2.84. The van der Waals surface area contributed by atoms with E-state index in [-0.39, 0.29) is 0 Å². The lowest BCUT2D eigenvalue weighted by atomic mass is 10.3. The zero-order chi connectivity index (χ0) is 11.8. The summed E-state index contributed by atoms with van der Waals surface area (Å²) in [5.41, 5.74) is 0. The first kappa shape index (κ1) is 11.1. The summed E-state index contributed by atoms with van der Waals surface area (Å²) in [6.45, 7) is 5.20. The molecule has 0 saturated heterocycles. The average Bonchev–Trinajstić information content (AvgIpc) is 2.97. The van der Waals surface area contributed by atoms with Gasteiger partial charge in [-0.05, 0) is 26.2 Å². The van der Waals surface area contributed by atoms with E-state index in [1.54, 1.807) is 11.3 Å². The van der Waals surface area contributed by atoms with Gasteiger partial charge in [-0.25, -0.2) is 0 Å². The average molecular weight is 251 g/mol. The molecule has 0 radical (unpaired) electrons. The van der Waals surface area contributed by atoms with E-state index in [4.69, 9.17) is 0 Å². The van der Waals surface area contributed by atoms with Crippen LogP contribution in [0.25, 0.3) is 4.96 Å². The lowest BCUT2D eigenvalue weighted by Crippen LogP contribution is -2.24. The molecule has 0 spiro atoms. The van der Waals surface area contributed by atoms with Crippen molar-refractivity contribution in [2.75, 3.05) is 0 Å². The lowest BCUT2D eigenvalue weighted by Gasteiger charge is -2.08. The van der Waals surface area contributed by atoms with E-state index in [0.29, 0.717) is 12.0 Å². The topological polar surface area (TPSA) is 55.1 Å². The Bertz CT molecular complexity index is 513. The summed E-state index contributed by atoms with van der Waals surface area (Å²) in [6.07, 6.45) is 3.61. The highest BCUT2D eigenvalue weighted by Crippen LogP contribution is 2.39. The molecule has 0 bridgehead atoms. The smallest absolute Gasteiger partial charge is 0.234 e. The summed E-state index contributed by atoms with van der Waals surface area (Å²) in [5, 5.41) is 17.5. The number of rotatable bonds is 5. The fourth-order valence-electron chi connectivity index (χ4n) is 1.75. The highest BCUT2D eigenvalue weighted by Gasteiger charge is 2.29. The Morgan fingerprint density at radius 2 is 2.29 bits per heavy atom. The normalized spacial score (nSPS) is 17.8. The predicted octanol–water partition coefficient (Wildman–Crippen LogP) is 1.95. The quantitative estimate of drug-likeness (QED) is 0.882. The maximum Gasteiger partial charge on any atom is 0.234 e. The molecule has 3 rings (SSSR count). The van der Waals surface area contributed by atoms with Gasteiger partial charge in [-0.1, -0.05) is 18.3 Å². The summed E-state index contributed by atoms with van der Waals surface area (Å²) < 4.78 is 1.93. The van der Waals surface area contributed by atoms with Crippen LogP contribution in [0, 0.1) is 0 Å². The van der Waals surface area contributed by atoms with Crippen molar-refractivity contribution in [3.8, 4) is 0 Å². The Morgan fingerprint density at radius 3 is 3.00 bits per heavy atom. The van der Waals surface area contributed by atoms with Gasteiger partial charge in [0.25, 0.3) is 0 Å².